The van der Waals surface area contributed by atoms with Gasteiger partial charge in [0.05, 0.1) is 24.3 Å². The Kier molecular flexibility index (Phi) is 7.22. The number of ether oxygens (including phenoxy) is 2. The summed E-state index contributed by atoms with van der Waals surface area (Å²) in [6, 6.07) is 7.03. The Morgan fingerprint density at radius 2 is 2.00 bits per heavy atom. The first-order chi connectivity index (χ1) is 14.0. The van der Waals surface area contributed by atoms with E-state index in [0.29, 0.717) is 35.1 Å². The van der Waals surface area contributed by atoms with Gasteiger partial charge in [0.15, 0.2) is 5.11 Å². The maximum atomic E-state index is 12.7. The highest BCUT2D eigenvalue weighted by Crippen LogP contribution is 2.39. The van der Waals surface area contributed by atoms with E-state index >= 15 is 0 Å². The van der Waals surface area contributed by atoms with E-state index < -0.39 is 0 Å². The molecule has 1 amide bonds. The van der Waals surface area contributed by atoms with E-state index in [0.717, 1.165) is 31.2 Å². The van der Waals surface area contributed by atoms with Crippen molar-refractivity contribution >= 4 is 45.5 Å². The van der Waals surface area contributed by atoms with Gasteiger partial charge < -0.3 is 14.8 Å². The number of anilines is 1. The molecule has 6 nitrogen and oxygen atoms in total. The maximum absolute atomic E-state index is 12.7. The number of benzene rings is 1. The molecule has 1 heterocycles. The van der Waals surface area contributed by atoms with Gasteiger partial charge in [-0.3, -0.25) is 10.1 Å². The highest BCUT2D eigenvalue weighted by Gasteiger charge is 2.28. The lowest BCUT2D eigenvalue weighted by molar-refractivity contribution is 0.0527. The molecule has 3 rings (SSSR count). The standard InChI is InChI=1S/C21H24N2O4S2/c1-3-12-27-15-10-6-5-8-13(15)18(24)22-21(28)23-19-17(20(25)26-4-2)14-9-7-11-16(14)29-19/h5-6,8,10H,3-4,7,9,11-12H2,1-2H3,(H2,22,23,24,28). The topological polar surface area (TPSA) is 76.7 Å². The molecule has 0 fully saturated rings. The van der Waals surface area contributed by atoms with Gasteiger partial charge in [-0.1, -0.05) is 19.1 Å². The van der Waals surface area contributed by atoms with Crippen LogP contribution in [0.5, 0.6) is 5.75 Å². The summed E-state index contributed by atoms with van der Waals surface area (Å²) in [6.45, 7) is 4.61. The van der Waals surface area contributed by atoms with Gasteiger partial charge in [-0.2, -0.15) is 0 Å². The molecule has 2 aromatic rings. The average molecular weight is 433 g/mol. The van der Waals surface area contributed by atoms with Crippen molar-refractivity contribution in [1.29, 1.82) is 0 Å². The van der Waals surface area contributed by atoms with Crippen LogP contribution in [0.25, 0.3) is 0 Å². The molecule has 0 unspecified atom stereocenters. The van der Waals surface area contributed by atoms with Crippen molar-refractivity contribution in [2.24, 2.45) is 0 Å². The van der Waals surface area contributed by atoms with Crippen molar-refractivity contribution in [3.63, 3.8) is 0 Å². The lowest BCUT2D eigenvalue weighted by Gasteiger charge is -2.13. The summed E-state index contributed by atoms with van der Waals surface area (Å²) in [7, 11) is 0. The molecule has 0 saturated heterocycles. The minimum absolute atomic E-state index is 0.130. The van der Waals surface area contributed by atoms with Crippen LogP contribution in [0.15, 0.2) is 24.3 Å². The molecule has 0 aliphatic heterocycles. The highest BCUT2D eigenvalue weighted by atomic mass is 32.1. The number of carbonyl (C=O) groups excluding carboxylic acids is 2. The average Bonchev–Trinajstić information content (AvgIpc) is 3.27. The number of carbonyl (C=O) groups is 2. The fourth-order valence-electron chi connectivity index (χ4n) is 3.21. The molecular formula is C21H24N2O4S2. The summed E-state index contributed by atoms with van der Waals surface area (Å²) >= 11 is 6.82. The van der Waals surface area contributed by atoms with E-state index in [-0.39, 0.29) is 17.0 Å². The van der Waals surface area contributed by atoms with Crippen LogP contribution < -0.4 is 15.4 Å². The van der Waals surface area contributed by atoms with E-state index in [1.807, 2.05) is 13.0 Å². The van der Waals surface area contributed by atoms with Crippen LogP contribution in [0, 0.1) is 0 Å². The van der Waals surface area contributed by atoms with Gasteiger partial charge in [-0.05, 0) is 62.5 Å². The Hall–Kier alpha value is -2.45. The van der Waals surface area contributed by atoms with E-state index in [1.54, 1.807) is 25.1 Å². The third-order valence-electron chi connectivity index (χ3n) is 4.45. The first kappa shape index (κ1) is 21.3. The predicted molar refractivity (Wildman–Crippen MR) is 118 cm³/mol. The number of hydrogen-bond donors (Lipinski definition) is 2. The Morgan fingerprint density at radius 1 is 1.21 bits per heavy atom. The first-order valence-corrected chi connectivity index (χ1v) is 10.9. The Labute approximate surface area is 179 Å². The number of para-hydroxylation sites is 1. The van der Waals surface area contributed by atoms with Crippen LogP contribution in [0.1, 0.15) is 57.8 Å². The van der Waals surface area contributed by atoms with Crippen LogP contribution in [0.2, 0.25) is 0 Å². The molecule has 1 aliphatic rings. The van der Waals surface area contributed by atoms with Crippen molar-refractivity contribution in [2.75, 3.05) is 18.5 Å². The molecule has 0 saturated carbocycles. The lowest BCUT2D eigenvalue weighted by Crippen LogP contribution is -2.34. The highest BCUT2D eigenvalue weighted by molar-refractivity contribution is 7.80. The Morgan fingerprint density at radius 3 is 2.76 bits per heavy atom. The zero-order valence-corrected chi connectivity index (χ0v) is 18.1. The second kappa shape index (κ2) is 9.84. The monoisotopic (exact) mass is 432 g/mol. The lowest BCUT2D eigenvalue weighted by atomic mass is 10.1. The van der Waals surface area contributed by atoms with Crippen molar-refractivity contribution in [3.05, 3.63) is 45.8 Å². The van der Waals surface area contributed by atoms with Gasteiger partial charge >= 0.3 is 5.97 Å². The number of nitrogens with one attached hydrogen (secondary N) is 2. The number of esters is 1. The maximum Gasteiger partial charge on any atom is 0.341 e. The molecule has 1 aliphatic carbocycles. The van der Waals surface area contributed by atoms with Crippen molar-refractivity contribution < 1.29 is 19.1 Å². The second-order valence-corrected chi connectivity index (χ2v) is 8.05. The minimum atomic E-state index is -0.365. The van der Waals surface area contributed by atoms with Crippen LogP contribution in [0.3, 0.4) is 0 Å². The van der Waals surface area contributed by atoms with E-state index in [9.17, 15) is 9.59 Å². The summed E-state index contributed by atoms with van der Waals surface area (Å²) < 4.78 is 10.9. The number of hydrogen-bond acceptors (Lipinski definition) is 6. The molecule has 0 atom stereocenters. The van der Waals surface area contributed by atoms with Gasteiger partial charge in [-0.15, -0.1) is 11.3 Å². The van der Waals surface area contributed by atoms with Crippen molar-refractivity contribution in [2.45, 2.75) is 39.5 Å². The van der Waals surface area contributed by atoms with E-state index in [4.69, 9.17) is 21.7 Å². The first-order valence-electron chi connectivity index (χ1n) is 9.70. The summed E-state index contributed by atoms with van der Waals surface area (Å²) in [5, 5.41) is 6.45. The molecule has 0 spiro atoms. The number of thiophene rings is 1. The molecule has 154 valence electrons. The third kappa shape index (κ3) is 4.94. The normalized spacial score (nSPS) is 12.2. The Bertz CT molecular complexity index is 923. The predicted octanol–water partition coefficient (Wildman–Crippen LogP) is 4.33. The number of thiocarbonyl (C=S) groups is 1. The van der Waals surface area contributed by atoms with Crippen molar-refractivity contribution in [3.8, 4) is 5.75 Å². The quantitative estimate of drug-likeness (QED) is 0.501. The second-order valence-electron chi connectivity index (χ2n) is 6.53. The SMILES string of the molecule is CCCOc1ccccc1C(=O)NC(=S)Nc1sc2c(c1C(=O)OCC)CCC2. The number of aryl methyl sites for hydroxylation is 1. The van der Waals surface area contributed by atoms with Crippen LogP contribution in [-0.2, 0) is 17.6 Å². The summed E-state index contributed by atoms with van der Waals surface area (Å²) in [5.41, 5.74) is 1.97. The van der Waals surface area contributed by atoms with Gasteiger partial charge in [0.2, 0.25) is 0 Å². The fourth-order valence-corrected chi connectivity index (χ4v) is 4.75. The molecule has 8 heteroatoms. The minimum Gasteiger partial charge on any atom is -0.493 e. The fraction of sp³-hybridized carbons (Fsp3) is 0.381. The van der Waals surface area contributed by atoms with Gasteiger partial charge in [-0.25, -0.2) is 4.79 Å². The molecular weight excluding hydrogens is 408 g/mol. The third-order valence-corrected chi connectivity index (χ3v) is 5.86. The van der Waals surface area contributed by atoms with Gasteiger partial charge in [0.25, 0.3) is 5.91 Å². The number of fused-ring (bicyclic) bond motifs is 1. The van der Waals surface area contributed by atoms with Crippen LogP contribution in [-0.4, -0.2) is 30.2 Å². The Balaban J connectivity index is 1.74. The van der Waals surface area contributed by atoms with E-state index in [1.165, 1.54) is 16.2 Å². The summed E-state index contributed by atoms with van der Waals surface area (Å²) in [6.07, 6.45) is 3.66. The largest absolute Gasteiger partial charge is 0.493 e. The van der Waals surface area contributed by atoms with Gasteiger partial charge in [0, 0.05) is 4.88 Å². The van der Waals surface area contributed by atoms with E-state index in [2.05, 4.69) is 10.6 Å². The smallest absolute Gasteiger partial charge is 0.341 e. The molecule has 0 radical (unpaired) electrons. The van der Waals surface area contributed by atoms with Crippen molar-refractivity contribution in [1.82, 2.24) is 5.32 Å². The molecule has 29 heavy (non-hydrogen) atoms. The molecule has 2 N–H and O–H groups in total. The number of rotatable bonds is 7. The zero-order chi connectivity index (χ0) is 20.8. The van der Waals surface area contributed by atoms with Gasteiger partial charge in [0.1, 0.15) is 10.8 Å². The van der Waals surface area contributed by atoms with Crippen LogP contribution >= 0.6 is 23.6 Å². The molecule has 1 aromatic heterocycles. The molecule has 0 bridgehead atoms. The molecule has 1 aromatic carbocycles. The zero-order valence-electron chi connectivity index (χ0n) is 16.5. The summed E-state index contributed by atoms with van der Waals surface area (Å²) in [4.78, 5) is 26.3. The number of amides is 1. The summed E-state index contributed by atoms with van der Waals surface area (Å²) in [5.74, 6) is -0.213. The van der Waals surface area contributed by atoms with Crippen LogP contribution in [0.4, 0.5) is 5.00 Å².